The van der Waals surface area contributed by atoms with Gasteiger partial charge in [0.25, 0.3) is 0 Å². The van der Waals surface area contributed by atoms with Gasteiger partial charge in [0.15, 0.2) is 0 Å². The van der Waals surface area contributed by atoms with E-state index in [4.69, 9.17) is 0 Å². The molecule has 0 aliphatic carbocycles. The number of carbonyl (C=O) groups excluding carboxylic acids is 1. The van der Waals surface area contributed by atoms with Crippen LogP contribution in [0.2, 0.25) is 0 Å². The fraction of sp³-hybridized carbons (Fsp3) is 0.154. The van der Waals surface area contributed by atoms with Crippen molar-refractivity contribution >= 4 is 26.7 Å². The maximum Gasteiger partial charge on any atom is 0.242 e. The van der Waals surface area contributed by atoms with Gasteiger partial charge in [-0.05, 0) is 11.5 Å². The van der Waals surface area contributed by atoms with E-state index in [0.29, 0.717) is 5.39 Å². The standard InChI is InChI=1S/C13H14N2O3S/c1-10(16)14-9-15-19(17,18)13-8-4-6-11-5-2-3-7-12(11)13/h2-8,15H,9H2,1H3,(H,14,16). The largest absolute Gasteiger partial charge is 0.343 e. The molecule has 0 heterocycles. The second-order valence-corrected chi connectivity index (χ2v) is 5.77. The Balaban J connectivity index is 2.35. The van der Waals surface area contributed by atoms with Crippen LogP contribution in [0.5, 0.6) is 0 Å². The Kier molecular flexibility index (Phi) is 3.82. The summed E-state index contributed by atoms with van der Waals surface area (Å²) in [5.41, 5.74) is 0. The van der Waals surface area contributed by atoms with Crippen LogP contribution < -0.4 is 10.0 Å². The van der Waals surface area contributed by atoms with E-state index in [9.17, 15) is 13.2 Å². The number of amides is 1. The normalized spacial score (nSPS) is 11.4. The fourth-order valence-corrected chi connectivity index (χ4v) is 2.91. The highest BCUT2D eigenvalue weighted by molar-refractivity contribution is 7.89. The van der Waals surface area contributed by atoms with E-state index in [1.807, 2.05) is 18.2 Å². The average Bonchev–Trinajstić information content (AvgIpc) is 2.37. The van der Waals surface area contributed by atoms with Crippen molar-refractivity contribution in [2.24, 2.45) is 0 Å². The molecule has 0 atom stereocenters. The zero-order chi connectivity index (χ0) is 13.9. The Morgan fingerprint density at radius 2 is 1.79 bits per heavy atom. The highest BCUT2D eigenvalue weighted by Crippen LogP contribution is 2.22. The van der Waals surface area contributed by atoms with Gasteiger partial charge in [-0.1, -0.05) is 36.4 Å². The molecule has 2 aromatic rings. The second-order valence-electron chi connectivity index (χ2n) is 4.03. The van der Waals surface area contributed by atoms with Crippen LogP contribution >= 0.6 is 0 Å². The van der Waals surface area contributed by atoms with Crippen molar-refractivity contribution in [2.45, 2.75) is 11.8 Å². The summed E-state index contributed by atoms with van der Waals surface area (Å²) in [6.07, 6.45) is 0. The number of carbonyl (C=O) groups is 1. The molecule has 0 bridgehead atoms. The van der Waals surface area contributed by atoms with Crippen LogP contribution in [0.3, 0.4) is 0 Å². The van der Waals surface area contributed by atoms with Crippen molar-refractivity contribution in [1.82, 2.24) is 10.0 Å². The van der Waals surface area contributed by atoms with Crippen LogP contribution in [0.4, 0.5) is 0 Å². The van der Waals surface area contributed by atoms with E-state index < -0.39 is 10.0 Å². The highest BCUT2D eigenvalue weighted by Gasteiger charge is 2.16. The van der Waals surface area contributed by atoms with Gasteiger partial charge < -0.3 is 5.32 Å². The molecule has 0 fully saturated rings. The molecule has 1 amide bonds. The summed E-state index contributed by atoms with van der Waals surface area (Å²) in [5.74, 6) is -0.291. The van der Waals surface area contributed by atoms with Crippen molar-refractivity contribution < 1.29 is 13.2 Å². The van der Waals surface area contributed by atoms with E-state index in [0.717, 1.165) is 5.39 Å². The first-order valence-electron chi connectivity index (χ1n) is 5.72. The molecule has 0 unspecified atom stereocenters. The molecule has 0 spiro atoms. The molecule has 2 rings (SSSR count). The third kappa shape index (κ3) is 3.10. The smallest absolute Gasteiger partial charge is 0.242 e. The van der Waals surface area contributed by atoms with Crippen LogP contribution in [0.25, 0.3) is 10.8 Å². The molecular formula is C13H14N2O3S. The first-order chi connectivity index (χ1) is 9.00. The van der Waals surface area contributed by atoms with Crippen LogP contribution in [0, 0.1) is 0 Å². The second kappa shape index (κ2) is 5.38. The lowest BCUT2D eigenvalue weighted by Crippen LogP contribution is -2.36. The van der Waals surface area contributed by atoms with Gasteiger partial charge in [0.2, 0.25) is 15.9 Å². The van der Waals surface area contributed by atoms with Crippen LogP contribution in [0.15, 0.2) is 47.4 Å². The predicted molar refractivity (Wildman–Crippen MR) is 73.0 cm³/mol. The van der Waals surface area contributed by atoms with Crippen LogP contribution in [-0.2, 0) is 14.8 Å². The highest BCUT2D eigenvalue weighted by atomic mass is 32.2. The Morgan fingerprint density at radius 1 is 1.11 bits per heavy atom. The van der Waals surface area contributed by atoms with Gasteiger partial charge in [-0.15, -0.1) is 0 Å². The average molecular weight is 278 g/mol. The predicted octanol–water partition coefficient (Wildman–Crippen LogP) is 1.21. The molecule has 0 saturated carbocycles. The number of nitrogens with one attached hydrogen (secondary N) is 2. The summed E-state index contributed by atoms with van der Waals surface area (Å²) in [5, 5.41) is 3.90. The lowest BCUT2D eigenvalue weighted by atomic mass is 10.1. The number of hydrogen-bond acceptors (Lipinski definition) is 3. The summed E-state index contributed by atoms with van der Waals surface area (Å²) in [6.45, 7) is 1.20. The lowest BCUT2D eigenvalue weighted by molar-refractivity contribution is -0.118. The fourth-order valence-electron chi connectivity index (χ4n) is 1.76. The van der Waals surface area contributed by atoms with E-state index in [2.05, 4.69) is 10.0 Å². The molecule has 0 aliphatic heterocycles. The number of fused-ring (bicyclic) bond motifs is 1. The molecular weight excluding hydrogens is 264 g/mol. The zero-order valence-electron chi connectivity index (χ0n) is 10.4. The van der Waals surface area contributed by atoms with E-state index in [1.165, 1.54) is 6.92 Å². The van der Waals surface area contributed by atoms with Crippen LogP contribution in [0.1, 0.15) is 6.92 Å². The molecule has 0 radical (unpaired) electrons. The number of hydrogen-bond donors (Lipinski definition) is 2. The molecule has 2 N–H and O–H groups in total. The minimum Gasteiger partial charge on any atom is -0.343 e. The summed E-state index contributed by atoms with van der Waals surface area (Å²) >= 11 is 0. The Labute approximate surface area is 111 Å². The first kappa shape index (κ1) is 13.5. The van der Waals surface area contributed by atoms with Gasteiger partial charge in [0, 0.05) is 12.3 Å². The first-order valence-corrected chi connectivity index (χ1v) is 7.21. The summed E-state index contributed by atoms with van der Waals surface area (Å²) in [4.78, 5) is 10.9. The monoisotopic (exact) mass is 278 g/mol. The van der Waals surface area contributed by atoms with Gasteiger partial charge >= 0.3 is 0 Å². The number of sulfonamides is 1. The SMILES string of the molecule is CC(=O)NCNS(=O)(=O)c1cccc2ccccc12. The number of benzene rings is 2. The molecule has 0 aliphatic rings. The summed E-state index contributed by atoms with van der Waals surface area (Å²) in [6, 6.07) is 12.3. The maximum atomic E-state index is 12.2. The molecule has 6 heteroatoms. The minimum absolute atomic E-state index is 0.124. The van der Waals surface area contributed by atoms with Gasteiger partial charge in [0.1, 0.15) is 0 Å². The molecule has 100 valence electrons. The van der Waals surface area contributed by atoms with E-state index in [1.54, 1.807) is 24.3 Å². The quantitative estimate of drug-likeness (QED) is 0.825. The Bertz CT molecular complexity index is 705. The van der Waals surface area contributed by atoms with Crippen molar-refractivity contribution in [1.29, 1.82) is 0 Å². The summed E-state index contributed by atoms with van der Waals surface area (Å²) < 4.78 is 26.7. The van der Waals surface area contributed by atoms with Crippen molar-refractivity contribution in [3.05, 3.63) is 42.5 Å². The van der Waals surface area contributed by atoms with Crippen LogP contribution in [-0.4, -0.2) is 21.0 Å². The Hall–Kier alpha value is -1.92. The van der Waals surface area contributed by atoms with Crippen molar-refractivity contribution in [2.75, 3.05) is 6.67 Å². The third-order valence-electron chi connectivity index (χ3n) is 2.64. The van der Waals surface area contributed by atoms with Gasteiger partial charge in [-0.25, -0.2) is 8.42 Å². The molecule has 2 aromatic carbocycles. The lowest BCUT2D eigenvalue weighted by Gasteiger charge is -2.09. The summed E-state index contributed by atoms with van der Waals surface area (Å²) in [7, 11) is -3.65. The van der Waals surface area contributed by atoms with Gasteiger partial charge in [-0.2, -0.15) is 4.72 Å². The topological polar surface area (TPSA) is 75.3 Å². The maximum absolute atomic E-state index is 12.2. The molecule has 0 saturated heterocycles. The van der Waals surface area contributed by atoms with Gasteiger partial charge in [-0.3, -0.25) is 4.79 Å². The van der Waals surface area contributed by atoms with Crippen molar-refractivity contribution in [3.8, 4) is 0 Å². The number of rotatable bonds is 4. The minimum atomic E-state index is -3.65. The Morgan fingerprint density at radius 3 is 2.53 bits per heavy atom. The molecule has 0 aromatic heterocycles. The molecule has 5 nitrogen and oxygen atoms in total. The van der Waals surface area contributed by atoms with Crippen molar-refractivity contribution in [3.63, 3.8) is 0 Å². The zero-order valence-corrected chi connectivity index (χ0v) is 11.2. The third-order valence-corrected chi connectivity index (χ3v) is 4.10. The van der Waals surface area contributed by atoms with Gasteiger partial charge in [0.05, 0.1) is 11.6 Å². The van der Waals surface area contributed by atoms with E-state index >= 15 is 0 Å². The van der Waals surface area contributed by atoms with E-state index in [-0.39, 0.29) is 17.5 Å². The molecule has 19 heavy (non-hydrogen) atoms.